The molecule has 2 rings (SSSR count). The standard InChI is InChI=1S/C14H23NO3/c1-12(14-6-3-10-18-14)15-7-4-8-16-11-13-5-2-9-17-13/h3,6,10,12-13,15H,2,4-5,7-9,11H2,1H3. The van der Waals surface area contributed by atoms with Crippen molar-refractivity contribution in [2.24, 2.45) is 0 Å². The average Bonchev–Trinajstić information content (AvgIpc) is 3.05. The molecule has 0 aromatic carbocycles. The maximum Gasteiger partial charge on any atom is 0.120 e. The number of furan rings is 1. The lowest BCUT2D eigenvalue weighted by molar-refractivity contribution is 0.0165. The Kier molecular flexibility index (Phi) is 5.71. The smallest absolute Gasteiger partial charge is 0.120 e. The van der Waals surface area contributed by atoms with Crippen molar-refractivity contribution in [1.82, 2.24) is 5.32 Å². The van der Waals surface area contributed by atoms with Gasteiger partial charge in [0.05, 0.1) is 25.0 Å². The van der Waals surface area contributed by atoms with Gasteiger partial charge in [0.1, 0.15) is 5.76 Å². The molecule has 1 aliphatic rings. The highest BCUT2D eigenvalue weighted by molar-refractivity contribution is 5.02. The third-order valence-corrected chi connectivity index (χ3v) is 3.21. The predicted molar refractivity (Wildman–Crippen MR) is 69.5 cm³/mol. The van der Waals surface area contributed by atoms with Crippen molar-refractivity contribution in [3.63, 3.8) is 0 Å². The molecule has 1 N–H and O–H groups in total. The Morgan fingerprint density at radius 1 is 1.56 bits per heavy atom. The van der Waals surface area contributed by atoms with E-state index < -0.39 is 0 Å². The van der Waals surface area contributed by atoms with Crippen LogP contribution in [0.1, 0.15) is 38.0 Å². The van der Waals surface area contributed by atoms with Crippen LogP contribution in [0.25, 0.3) is 0 Å². The van der Waals surface area contributed by atoms with E-state index >= 15 is 0 Å². The highest BCUT2D eigenvalue weighted by Crippen LogP contribution is 2.13. The van der Waals surface area contributed by atoms with Gasteiger partial charge in [-0.1, -0.05) is 0 Å². The third kappa shape index (κ3) is 4.44. The predicted octanol–water partition coefficient (Wildman–Crippen LogP) is 2.52. The molecule has 18 heavy (non-hydrogen) atoms. The first-order valence-electron chi connectivity index (χ1n) is 6.82. The molecule has 0 saturated carbocycles. The van der Waals surface area contributed by atoms with Crippen molar-refractivity contribution in [2.45, 2.75) is 38.3 Å². The summed E-state index contributed by atoms with van der Waals surface area (Å²) in [4.78, 5) is 0. The Labute approximate surface area is 109 Å². The van der Waals surface area contributed by atoms with Gasteiger partial charge in [-0.2, -0.15) is 0 Å². The second-order valence-electron chi connectivity index (χ2n) is 4.75. The van der Waals surface area contributed by atoms with Gasteiger partial charge < -0.3 is 19.2 Å². The van der Waals surface area contributed by atoms with Crippen LogP contribution in [-0.4, -0.2) is 32.5 Å². The maximum absolute atomic E-state index is 5.60. The summed E-state index contributed by atoms with van der Waals surface area (Å²) in [5.74, 6) is 0.982. The molecule has 1 saturated heterocycles. The zero-order chi connectivity index (χ0) is 12.6. The van der Waals surface area contributed by atoms with E-state index in [1.807, 2.05) is 12.1 Å². The summed E-state index contributed by atoms with van der Waals surface area (Å²) in [6.07, 6.45) is 5.38. The van der Waals surface area contributed by atoms with E-state index in [0.717, 1.165) is 45.0 Å². The molecule has 2 atom stereocenters. The van der Waals surface area contributed by atoms with Gasteiger partial charge in [0.2, 0.25) is 0 Å². The van der Waals surface area contributed by atoms with Gasteiger partial charge in [-0.15, -0.1) is 0 Å². The minimum atomic E-state index is 0.262. The Balaban J connectivity index is 1.46. The minimum Gasteiger partial charge on any atom is -0.468 e. The first-order chi connectivity index (χ1) is 8.86. The van der Waals surface area contributed by atoms with E-state index in [1.54, 1.807) is 6.26 Å². The maximum atomic E-state index is 5.60. The van der Waals surface area contributed by atoms with Crippen LogP contribution in [0.3, 0.4) is 0 Å². The molecule has 4 heteroatoms. The van der Waals surface area contributed by atoms with Crippen molar-refractivity contribution in [3.05, 3.63) is 24.2 Å². The van der Waals surface area contributed by atoms with Crippen LogP contribution < -0.4 is 5.32 Å². The largest absolute Gasteiger partial charge is 0.468 e. The van der Waals surface area contributed by atoms with E-state index in [0.29, 0.717) is 6.10 Å². The van der Waals surface area contributed by atoms with Gasteiger partial charge in [-0.05, 0) is 44.9 Å². The molecule has 4 nitrogen and oxygen atoms in total. The summed E-state index contributed by atoms with van der Waals surface area (Å²) >= 11 is 0. The number of hydrogen-bond acceptors (Lipinski definition) is 4. The van der Waals surface area contributed by atoms with Crippen LogP contribution in [0.15, 0.2) is 22.8 Å². The summed E-state index contributed by atoms with van der Waals surface area (Å²) in [7, 11) is 0. The summed E-state index contributed by atoms with van der Waals surface area (Å²) in [6.45, 7) is 5.47. The van der Waals surface area contributed by atoms with E-state index in [2.05, 4.69) is 12.2 Å². The minimum absolute atomic E-state index is 0.262. The van der Waals surface area contributed by atoms with Gasteiger partial charge >= 0.3 is 0 Å². The topological polar surface area (TPSA) is 43.6 Å². The molecule has 0 aliphatic carbocycles. The quantitative estimate of drug-likeness (QED) is 0.723. The Morgan fingerprint density at radius 2 is 2.50 bits per heavy atom. The van der Waals surface area contributed by atoms with Crippen molar-refractivity contribution >= 4 is 0 Å². The number of hydrogen-bond donors (Lipinski definition) is 1. The van der Waals surface area contributed by atoms with Crippen LogP contribution in [0.5, 0.6) is 0 Å². The Hall–Kier alpha value is -0.840. The highest BCUT2D eigenvalue weighted by Gasteiger charge is 2.14. The molecule has 0 radical (unpaired) electrons. The van der Waals surface area contributed by atoms with Gasteiger partial charge in [-0.25, -0.2) is 0 Å². The summed E-state index contributed by atoms with van der Waals surface area (Å²) in [6, 6.07) is 4.17. The van der Waals surface area contributed by atoms with E-state index in [9.17, 15) is 0 Å². The summed E-state index contributed by atoms with van der Waals surface area (Å²) in [5.41, 5.74) is 0. The lowest BCUT2D eigenvalue weighted by atomic mass is 10.2. The van der Waals surface area contributed by atoms with Crippen LogP contribution >= 0.6 is 0 Å². The SMILES string of the molecule is CC(NCCCOCC1CCCO1)c1ccco1. The van der Waals surface area contributed by atoms with Gasteiger partial charge in [-0.3, -0.25) is 0 Å². The molecule has 2 heterocycles. The zero-order valence-electron chi connectivity index (χ0n) is 11.1. The highest BCUT2D eigenvalue weighted by atomic mass is 16.5. The normalized spacial score (nSPS) is 21.3. The molecule has 0 bridgehead atoms. The number of nitrogens with one attached hydrogen (secondary N) is 1. The fourth-order valence-corrected chi connectivity index (χ4v) is 2.12. The fraction of sp³-hybridized carbons (Fsp3) is 0.714. The number of ether oxygens (including phenoxy) is 2. The molecular formula is C14H23NO3. The van der Waals surface area contributed by atoms with Crippen LogP contribution in [-0.2, 0) is 9.47 Å². The van der Waals surface area contributed by atoms with Crippen LogP contribution in [0.4, 0.5) is 0 Å². The van der Waals surface area contributed by atoms with E-state index in [1.165, 1.54) is 6.42 Å². The first kappa shape index (κ1) is 13.6. The molecule has 2 unspecified atom stereocenters. The Morgan fingerprint density at radius 3 is 3.22 bits per heavy atom. The average molecular weight is 253 g/mol. The molecule has 1 aromatic heterocycles. The summed E-state index contributed by atoms with van der Waals surface area (Å²) < 4.78 is 16.4. The lowest BCUT2D eigenvalue weighted by Gasteiger charge is -2.12. The van der Waals surface area contributed by atoms with Gasteiger partial charge in [0, 0.05) is 13.2 Å². The van der Waals surface area contributed by atoms with E-state index in [-0.39, 0.29) is 6.04 Å². The van der Waals surface area contributed by atoms with Crippen LogP contribution in [0, 0.1) is 0 Å². The molecule has 1 fully saturated rings. The molecule has 1 aliphatic heterocycles. The zero-order valence-corrected chi connectivity index (χ0v) is 11.1. The first-order valence-corrected chi connectivity index (χ1v) is 6.82. The monoisotopic (exact) mass is 253 g/mol. The molecular weight excluding hydrogens is 230 g/mol. The van der Waals surface area contributed by atoms with E-state index in [4.69, 9.17) is 13.9 Å². The number of rotatable bonds is 8. The van der Waals surface area contributed by atoms with Crippen molar-refractivity contribution in [2.75, 3.05) is 26.4 Å². The molecule has 1 aromatic rings. The third-order valence-electron chi connectivity index (χ3n) is 3.21. The second-order valence-corrected chi connectivity index (χ2v) is 4.75. The second kappa shape index (κ2) is 7.56. The van der Waals surface area contributed by atoms with Crippen molar-refractivity contribution in [1.29, 1.82) is 0 Å². The van der Waals surface area contributed by atoms with Crippen molar-refractivity contribution in [3.8, 4) is 0 Å². The van der Waals surface area contributed by atoms with Gasteiger partial charge in [0.25, 0.3) is 0 Å². The molecule has 0 amide bonds. The summed E-state index contributed by atoms with van der Waals surface area (Å²) in [5, 5.41) is 3.41. The van der Waals surface area contributed by atoms with Gasteiger partial charge in [0.15, 0.2) is 0 Å². The Bertz CT molecular complexity index is 307. The lowest BCUT2D eigenvalue weighted by Crippen LogP contribution is -2.21. The molecule has 0 spiro atoms. The fourth-order valence-electron chi connectivity index (χ4n) is 2.12. The van der Waals surface area contributed by atoms with Crippen molar-refractivity contribution < 1.29 is 13.9 Å². The van der Waals surface area contributed by atoms with Crippen LogP contribution in [0.2, 0.25) is 0 Å². The molecule has 102 valence electrons.